The van der Waals surface area contributed by atoms with E-state index in [4.69, 9.17) is 0 Å². The summed E-state index contributed by atoms with van der Waals surface area (Å²) in [4.78, 5) is 2.38. The lowest BCUT2D eigenvalue weighted by atomic mass is 10.0. The summed E-state index contributed by atoms with van der Waals surface area (Å²) in [5, 5.41) is 1.36. The van der Waals surface area contributed by atoms with Crippen molar-refractivity contribution in [1.29, 1.82) is 0 Å². The summed E-state index contributed by atoms with van der Waals surface area (Å²) >= 11 is 0. The minimum Gasteiger partial charge on any atom is -0.342 e. The van der Waals surface area contributed by atoms with Crippen LogP contribution in [0.25, 0.3) is 22.0 Å². The van der Waals surface area contributed by atoms with Crippen LogP contribution in [0.1, 0.15) is 5.69 Å². The van der Waals surface area contributed by atoms with Crippen molar-refractivity contribution in [2.24, 2.45) is 0 Å². The van der Waals surface area contributed by atoms with Crippen LogP contribution in [0.2, 0.25) is 0 Å². The summed E-state index contributed by atoms with van der Waals surface area (Å²) in [6, 6.07) is 19.8. The fourth-order valence-electron chi connectivity index (χ4n) is 3.16. The molecule has 2 aromatic carbocycles. The van der Waals surface area contributed by atoms with Crippen LogP contribution in [0.4, 0.5) is 0 Å². The normalized spacial score (nSPS) is 15.4. The Bertz CT molecular complexity index is 756. The van der Waals surface area contributed by atoms with Crippen molar-refractivity contribution in [2.45, 2.75) is 13.1 Å². The third-order valence-corrected chi connectivity index (χ3v) is 4.23. The molecule has 0 saturated carbocycles. The van der Waals surface area contributed by atoms with Crippen molar-refractivity contribution < 1.29 is 0 Å². The largest absolute Gasteiger partial charge is 0.342 e. The predicted molar refractivity (Wildman–Crippen MR) is 83.7 cm³/mol. The van der Waals surface area contributed by atoms with E-state index in [-0.39, 0.29) is 0 Å². The van der Waals surface area contributed by atoms with Gasteiger partial charge in [-0.2, -0.15) is 0 Å². The zero-order valence-electron chi connectivity index (χ0n) is 11.7. The molecule has 1 aliphatic heterocycles. The first-order valence-corrected chi connectivity index (χ1v) is 7.17. The Morgan fingerprint density at radius 3 is 2.55 bits per heavy atom. The van der Waals surface area contributed by atoms with E-state index in [0.29, 0.717) is 0 Å². The average molecular weight is 262 g/mol. The molecule has 1 aliphatic rings. The van der Waals surface area contributed by atoms with Gasteiger partial charge in [0.15, 0.2) is 0 Å². The van der Waals surface area contributed by atoms with Crippen LogP contribution in [0.3, 0.4) is 0 Å². The molecule has 1 aromatic heterocycles. The number of likely N-dealkylation sites (N-methyl/N-ethyl adjacent to an activating group) is 1. The molecule has 3 aromatic rings. The van der Waals surface area contributed by atoms with Gasteiger partial charge in [-0.15, -0.1) is 0 Å². The molecule has 0 radical (unpaired) electrons. The number of aromatic nitrogens is 1. The fraction of sp³-hybridized carbons (Fsp3) is 0.222. The summed E-state index contributed by atoms with van der Waals surface area (Å²) < 4.78 is 2.46. The van der Waals surface area contributed by atoms with E-state index >= 15 is 0 Å². The lowest BCUT2D eigenvalue weighted by Crippen LogP contribution is -2.29. The Labute approximate surface area is 119 Å². The monoisotopic (exact) mass is 262 g/mol. The number of hydrogen-bond donors (Lipinski definition) is 0. The third-order valence-electron chi connectivity index (χ3n) is 4.23. The van der Waals surface area contributed by atoms with Gasteiger partial charge in [0, 0.05) is 36.2 Å². The molecule has 20 heavy (non-hydrogen) atoms. The Morgan fingerprint density at radius 2 is 1.70 bits per heavy atom. The molecule has 4 rings (SSSR count). The Morgan fingerprint density at radius 1 is 0.850 bits per heavy atom. The highest BCUT2D eigenvalue weighted by atomic mass is 15.2. The van der Waals surface area contributed by atoms with Crippen LogP contribution in [-0.2, 0) is 13.1 Å². The lowest BCUT2D eigenvalue weighted by Gasteiger charge is -2.25. The van der Waals surface area contributed by atoms with Gasteiger partial charge in [-0.25, -0.2) is 0 Å². The van der Waals surface area contributed by atoms with E-state index in [2.05, 4.69) is 71.1 Å². The second kappa shape index (κ2) is 4.50. The Kier molecular flexibility index (Phi) is 2.64. The SMILES string of the molecule is CN1CCn2c(cc3cc(-c4ccccc4)ccc32)C1. The minimum absolute atomic E-state index is 1.05. The number of fused-ring (bicyclic) bond motifs is 3. The second-order valence-electron chi connectivity index (χ2n) is 5.66. The first-order valence-electron chi connectivity index (χ1n) is 7.17. The van der Waals surface area contributed by atoms with Gasteiger partial charge in [-0.05, 0) is 36.4 Å². The highest BCUT2D eigenvalue weighted by molar-refractivity contribution is 5.86. The molecule has 0 atom stereocenters. The number of benzene rings is 2. The zero-order chi connectivity index (χ0) is 13.5. The molecule has 0 saturated heterocycles. The van der Waals surface area contributed by atoms with Crippen LogP contribution in [0, 0.1) is 0 Å². The van der Waals surface area contributed by atoms with E-state index in [9.17, 15) is 0 Å². The number of hydrogen-bond acceptors (Lipinski definition) is 1. The molecule has 0 spiro atoms. The first kappa shape index (κ1) is 11.7. The smallest absolute Gasteiger partial charge is 0.0483 e. The van der Waals surface area contributed by atoms with E-state index in [1.165, 1.54) is 27.7 Å². The van der Waals surface area contributed by atoms with Gasteiger partial charge in [0.1, 0.15) is 0 Å². The number of rotatable bonds is 1. The summed E-state index contributed by atoms with van der Waals surface area (Å²) in [6.07, 6.45) is 0. The summed E-state index contributed by atoms with van der Waals surface area (Å²) in [7, 11) is 2.19. The number of nitrogens with zero attached hydrogens (tertiary/aromatic N) is 2. The van der Waals surface area contributed by atoms with E-state index < -0.39 is 0 Å². The van der Waals surface area contributed by atoms with Gasteiger partial charge in [0.05, 0.1) is 0 Å². The zero-order valence-corrected chi connectivity index (χ0v) is 11.7. The highest BCUT2D eigenvalue weighted by Gasteiger charge is 2.16. The van der Waals surface area contributed by atoms with Crippen molar-refractivity contribution in [3.05, 3.63) is 60.3 Å². The van der Waals surface area contributed by atoms with Gasteiger partial charge < -0.3 is 4.57 Å². The maximum atomic E-state index is 2.46. The van der Waals surface area contributed by atoms with Crippen LogP contribution < -0.4 is 0 Å². The molecule has 2 nitrogen and oxygen atoms in total. The lowest BCUT2D eigenvalue weighted by molar-refractivity contribution is 0.273. The summed E-state index contributed by atoms with van der Waals surface area (Å²) in [5.74, 6) is 0. The van der Waals surface area contributed by atoms with E-state index in [0.717, 1.165) is 19.6 Å². The van der Waals surface area contributed by atoms with Gasteiger partial charge in [-0.3, -0.25) is 4.90 Å². The molecule has 2 heterocycles. The third kappa shape index (κ3) is 1.84. The van der Waals surface area contributed by atoms with Gasteiger partial charge in [-0.1, -0.05) is 36.4 Å². The molecular formula is C18H18N2. The maximum absolute atomic E-state index is 2.46. The molecular weight excluding hydrogens is 244 g/mol. The van der Waals surface area contributed by atoms with Crippen molar-refractivity contribution in [2.75, 3.05) is 13.6 Å². The predicted octanol–water partition coefficient (Wildman–Crippen LogP) is 3.75. The topological polar surface area (TPSA) is 8.17 Å². The standard InChI is InChI=1S/C18H18N2/c1-19-9-10-20-17(13-19)12-16-11-15(7-8-18(16)20)14-5-3-2-4-6-14/h2-8,11-12H,9-10,13H2,1H3. The molecule has 0 amide bonds. The molecule has 2 heteroatoms. The van der Waals surface area contributed by atoms with Crippen LogP contribution in [-0.4, -0.2) is 23.1 Å². The minimum atomic E-state index is 1.05. The maximum Gasteiger partial charge on any atom is 0.0483 e. The van der Waals surface area contributed by atoms with Crippen molar-refractivity contribution in [3.8, 4) is 11.1 Å². The van der Waals surface area contributed by atoms with Crippen LogP contribution in [0.5, 0.6) is 0 Å². The molecule has 0 fully saturated rings. The molecule has 0 unspecified atom stereocenters. The van der Waals surface area contributed by atoms with Crippen LogP contribution >= 0.6 is 0 Å². The van der Waals surface area contributed by atoms with Crippen molar-refractivity contribution >= 4 is 10.9 Å². The average Bonchev–Trinajstić information content (AvgIpc) is 2.84. The first-order chi connectivity index (χ1) is 9.81. The molecule has 0 N–H and O–H groups in total. The summed E-state index contributed by atoms with van der Waals surface area (Å²) in [5.41, 5.74) is 5.39. The van der Waals surface area contributed by atoms with Crippen molar-refractivity contribution in [3.63, 3.8) is 0 Å². The van der Waals surface area contributed by atoms with Gasteiger partial charge in [0.2, 0.25) is 0 Å². The van der Waals surface area contributed by atoms with E-state index in [1.807, 2.05) is 0 Å². The quantitative estimate of drug-likeness (QED) is 0.648. The van der Waals surface area contributed by atoms with Crippen LogP contribution in [0.15, 0.2) is 54.6 Å². The Hall–Kier alpha value is -2.06. The molecule has 0 bridgehead atoms. The molecule has 100 valence electrons. The second-order valence-corrected chi connectivity index (χ2v) is 5.66. The van der Waals surface area contributed by atoms with Gasteiger partial charge >= 0.3 is 0 Å². The van der Waals surface area contributed by atoms with Crippen molar-refractivity contribution in [1.82, 2.24) is 9.47 Å². The van der Waals surface area contributed by atoms with E-state index in [1.54, 1.807) is 0 Å². The molecule has 0 aliphatic carbocycles. The summed E-state index contributed by atoms with van der Waals surface area (Å²) in [6.45, 7) is 3.28. The Balaban J connectivity index is 1.85. The highest BCUT2D eigenvalue weighted by Crippen LogP contribution is 2.28. The fourth-order valence-corrected chi connectivity index (χ4v) is 3.16. The van der Waals surface area contributed by atoms with Gasteiger partial charge in [0.25, 0.3) is 0 Å².